The summed E-state index contributed by atoms with van der Waals surface area (Å²) >= 11 is 0. The quantitative estimate of drug-likeness (QED) is 0.224. The van der Waals surface area contributed by atoms with Gasteiger partial charge in [-0.2, -0.15) is 0 Å². The lowest BCUT2D eigenvalue weighted by molar-refractivity contribution is -0.383. The molecule has 130 valence electrons. The number of H-pyrrole nitrogens is 1. The molecule has 0 aliphatic rings. The van der Waals surface area contributed by atoms with Gasteiger partial charge < -0.3 is 20.7 Å². The van der Waals surface area contributed by atoms with Crippen molar-refractivity contribution in [2.75, 3.05) is 31.6 Å². The third-order valence-electron chi connectivity index (χ3n) is 3.94. The van der Waals surface area contributed by atoms with E-state index in [1.807, 2.05) is 0 Å². The summed E-state index contributed by atoms with van der Waals surface area (Å²) in [5.74, 6) is 0. The van der Waals surface area contributed by atoms with Crippen molar-refractivity contribution in [3.8, 4) is 0 Å². The molecule has 0 radical (unpaired) electrons. The third-order valence-corrected chi connectivity index (χ3v) is 3.94. The first kappa shape index (κ1) is 16.9. The van der Waals surface area contributed by atoms with E-state index >= 15 is 0 Å². The summed E-state index contributed by atoms with van der Waals surface area (Å²) in [7, 11) is 0. The molecule has 8 nitrogen and oxygen atoms in total. The number of aromatic amines is 1. The molecule has 0 unspecified atom stereocenters. The third kappa shape index (κ3) is 3.30. The number of anilines is 1. The molecule has 0 spiro atoms. The van der Waals surface area contributed by atoms with Crippen LogP contribution >= 0.6 is 0 Å². The number of nitrogens with one attached hydrogen (secondary N) is 3. The van der Waals surface area contributed by atoms with Crippen molar-refractivity contribution in [2.45, 2.75) is 0 Å². The van der Waals surface area contributed by atoms with Crippen LogP contribution in [0.25, 0.3) is 21.8 Å². The van der Waals surface area contributed by atoms with E-state index < -0.39 is 4.92 Å². The largest absolute Gasteiger partial charge is 0.395 e. The second-order valence-corrected chi connectivity index (χ2v) is 5.54. The van der Waals surface area contributed by atoms with Crippen molar-refractivity contribution in [1.82, 2.24) is 10.3 Å². The number of nitro benzene ring substituents is 1. The number of non-ortho nitro benzene ring substituents is 1. The molecule has 0 bridgehead atoms. The van der Waals surface area contributed by atoms with Gasteiger partial charge in [-0.1, -0.05) is 12.1 Å². The fraction of sp³-hybridized carbons (Fsp3) is 0.235. The minimum Gasteiger partial charge on any atom is -0.395 e. The summed E-state index contributed by atoms with van der Waals surface area (Å²) in [4.78, 5) is 26.7. The molecule has 0 aliphatic heterocycles. The van der Waals surface area contributed by atoms with Crippen LogP contribution in [0.15, 0.2) is 41.2 Å². The van der Waals surface area contributed by atoms with Crippen LogP contribution in [0.4, 0.5) is 11.4 Å². The zero-order valence-corrected chi connectivity index (χ0v) is 13.4. The van der Waals surface area contributed by atoms with Crippen molar-refractivity contribution >= 4 is 33.2 Å². The van der Waals surface area contributed by atoms with Gasteiger partial charge in [-0.15, -0.1) is 0 Å². The van der Waals surface area contributed by atoms with Gasteiger partial charge in [0.2, 0.25) is 0 Å². The van der Waals surface area contributed by atoms with Crippen LogP contribution in [0, 0.1) is 10.1 Å². The fourth-order valence-electron chi connectivity index (χ4n) is 2.80. The van der Waals surface area contributed by atoms with Crippen LogP contribution in [-0.2, 0) is 0 Å². The predicted octanol–water partition coefficient (Wildman–Crippen LogP) is 1.58. The second kappa shape index (κ2) is 7.29. The van der Waals surface area contributed by atoms with E-state index in [0.717, 1.165) is 0 Å². The van der Waals surface area contributed by atoms with E-state index in [0.29, 0.717) is 36.2 Å². The highest BCUT2D eigenvalue weighted by molar-refractivity contribution is 6.03. The Morgan fingerprint density at radius 1 is 1.12 bits per heavy atom. The van der Waals surface area contributed by atoms with Crippen molar-refractivity contribution in [3.63, 3.8) is 0 Å². The fourth-order valence-corrected chi connectivity index (χ4v) is 2.80. The van der Waals surface area contributed by atoms with Gasteiger partial charge in [0.05, 0.1) is 16.9 Å². The first-order valence-corrected chi connectivity index (χ1v) is 7.91. The predicted molar refractivity (Wildman–Crippen MR) is 97.2 cm³/mol. The van der Waals surface area contributed by atoms with Gasteiger partial charge in [0.15, 0.2) is 5.43 Å². The van der Waals surface area contributed by atoms with Crippen LogP contribution < -0.4 is 16.1 Å². The number of fused-ring (bicyclic) bond motifs is 2. The maximum Gasteiger partial charge on any atom is 0.293 e. The van der Waals surface area contributed by atoms with E-state index in [1.54, 1.807) is 30.3 Å². The van der Waals surface area contributed by atoms with E-state index in [-0.39, 0.29) is 28.6 Å². The number of nitrogens with zero attached hydrogens (tertiary/aromatic N) is 1. The Balaban J connectivity index is 2.12. The van der Waals surface area contributed by atoms with Crippen molar-refractivity contribution in [2.24, 2.45) is 0 Å². The van der Waals surface area contributed by atoms with Gasteiger partial charge in [-0.3, -0.25) is 14.9 Å². The maximum atomic E-state index is 12.9. The Morgan fingerprint density at radius 2 is 1.92 bits per heavy atom. The topological polar surface area (TPSA) is 120 Å². The zero-order valence-electron chi connectivity index (χ0n) is 13.4. The zero-order chi connectivity index (χ0) is 17.8. The molecule has 3 aromatic rings. The molecule has 0 aliphatic carbocycles. The highest BCUT2D eigenvalue weighted by atomic mass is 16.6. The van der Waals surface area contributed by atoms with E-state index in [4.69, 9.17) is 5.11 Å². The molecule has 1 heterocycles. The Labute approximate surface area is 142 Å². The van der Waals surface area contributed by atoms with E-state index in [9.17, 15) is 14.9 Å². The maximum absolute atomic E-state index is 12.9. The number of hydrogen-bond donors (Lipinski definition) is 4. The Bertz CT molecular complexity index is 983. The van der Waals surface area contributed by atoms with Gasteiger partial charge in [-0.25, -0.2) is 0 Å². The molecule has 8 heteroatoms. The Hall–Kier alpha value is -2.97. The highest BCUT2D eigenvalue weighted by Crippen LogP contribution is 2.29. The molecule has 3 rings (SSSR count). The van der Waals surface area contributed by atoms with Crippen molar-refractivity contribution < 1.29 is 10.0 Å². The van der Waals surface area contributed by atoms with E-state index in [1.165, 1.54) is 6.07 Å². The molecule has 0 fully saturated rings. The summed E-state index contributed by atoms with van der Waals surface area (Å²) < 4.78 is 0. The minimum absolute atomic E-state index is 0.0477. The molecule has 0 saturated carbocycles. The SMILES string of the molecule is O=c1c2ccccc2[nH]c2c([N+](=O)[O-])ccc(NCCNCCO)c12. The molecular formula is C17H18N4O4. The molecular weight excluding hydrogens is 324 g/mol. The molecule has 0 amide bonds. The summed E-state index contributed by atoms with van der Waals surface area (Å²) in [6, 6.07) is 9.88. The minimum atomic E-state index is -0.500. The molecule has 2 aromatic carbocycles. The number of aromatic nitrogens is 1. The summed E-state index contributed by atoms with van der Waals surface area (Å²) in [5, 5.41) is 27.0. The van der Waals surface area contributed by atoms with Crippen LogP contribution in [0.3, 0.4) is 0 Å². The smallest absolute Gasteiger partial charge is 0.293 e. The number of pyridine rings is 1. The summed E-state index contributed by atoms with van der Waals surface area (Å²) in [6.07, 6.45) is 0. The molecule has 25 heavy (non-hydrogen) atoms. The Morgan fingerprint density at radius 3 is 2.68 bits per heavy atom. The lowest BCUT2D eigenvalue weighted by Crippen LogP contribution is -2.25. The average Bonchev–Trinajstić information content (AvgIpc) is 2.61. The van der Waals surface area contributed by atoms with E-state index in [2.05, 4.69) is 15.6 Å². The van der Waals surface area contributed by atoms with Gasteiger partial charge >= 0.3 is 0 Å². The molecule has 4 N–H and O–H groups in total. The van der Waals surface area contributed by atoms with Gasteiger partial charge in [0, 0.05) is 42.3 Å². The first-order valence-electron chi connectivity index (χ1n) is 7.91. The molecule has 0 atom stereocenters. The number of para-hydroxylation sites is 1. The van der Waals surface area contributed by atoms with Crippen LogP contribution in [0.2, 0.25) is 0 Å². The molecule has 1 aromatic heterocycles. The first-order chi connectivity index (χ1) is 12.1. The van der Waals surface area contributed by atoms with Crippen molar-refractivity contribution in [1.29, 1.82) is 0 Å². The lowest BCUT2D eigenvalue weighted by Gasteiger charge is -2.11. The summed E-state index contributed by atoms with van der Waals surface area (Å²) in [6.45, 7) is 1.63. The van der Waals surface area contributed by atoms with Crippen LogP contribution in [0.5, 0.6) is 0 Å². The number of hydrogen-bond acceptors (Lipinski definition) is 6. The highest BCUT2D eigenvalue weighted by Gasteiger charge is 2.19. The number of aliphatic hydroxyl groups excluding tert-OH is 1. The van der Waals surface area contributed by atoms with Gasteiger partial charge in [-0.05, 0) is 18.2 Å². The van der Waals surface area contributed by atoms with Gasteiger partial charge in [0.25, 0.3) is 5.69 Å². The second-order valence-electron chi connectivity index (χ2n) is 5.54. The number of aliphatic hydroxyl groups is 1. The van der Waals surface area contributed by atoms with Crippen molar-refractivity contribution in [3.05, 3.63) is 56.7 Å². The Kier molecular flexibility index (Phi) is 4.92. The lowest BCUT2D eigenvalue weighted by atomic mass is 10.1. The van der Waals surface area contributed by atoms with Gasteiger partial charge in [0.1, 0.15) is 5.52 Å². The number of nitro groups is 1. The average molecular weight is 342 g/mol. The monoisotopic (exact) mass is 342 g/mol. The molecule has 0 saturated heterocycles. The summed E-state index contributed by atoms with van der Waals surface area (Å²) in [5.41, 5.74) is 0.922. The number of benzene rings is 2. The van der Waals surface area contributed by atoms with Crippen LogP contribution in [0.1, 0.15) is 0 Å². The normalized spacial score (nSPS) is 11.1. The van der Waals surface area contributed by atoms with Crippen LogP contribution in [-0.4, -0.2) is 41.3 Å². The number of rotatable bonds is 7. The standard InChI is InChI=1S/C17H18N4O4/c22-10-9-18-7-8-19-13-5-6-14(21(24)25)16-15(13)17(23)11-3-1-2-4-12(11)20-16/h1-6,18-19,22H,7-10H2,(H,20,23).